The zero-order valence-electron chi connectivity index (χ0n) is 13.4. The molecule has 0 unspecified atom stereocenters. The summed E-state index contributed by atoms with van der Waals surface area (Å²) >= 11 is 1.80. The largest absolute Gasteiger partial charge is 0.380 e. The molecule has 1 saturated heterocycles. The average molecular weight is 329 g/mol. The summed E-state index contributed by atoms with van der Waals surface area (Å²) in [7, 11) is 0. The Morgan fingerprint density at radius 2 is 1.91 bits per heavy atom. The molecule has 122 valence electrons. The van der Waals surface area contributed by atoms with Crippen LogP contribution in [0.5, 0.6) is 0 Å². The Hall–Kier alpha value is -1.52. The van der Waals surface area contributed by atoms with Crippen molar-refractivity contribution in [3.8, 4) is 0 Å². The number of fused-ring (bicyclic) bond motifs is 1. The average Bonchev–Trinajstić information content (AvgIpc) is 2.55. The van der Waals surface area contributed by atoms with Crippen LogP contribution in [-0.2, 0) is 11.2 Å². The van der Waals surface area contributed by atoms with Gasteiger partial charge in [-0.05, 0) is 54.0 Å². The minimum atomic E-state index is -1.18. The molecule has 0 bridgehead atoms. The molecule has 1 aliphatic rings. The van der Waals surface area contributed by atoms with Crippen molar-refractivity contribution in [2.75, 3.05) is 11.5 Å². The lowest BCUT2D eigenvalue weighted by atomic mass is 9.95. The van der Waals surface area contributed by atoms with Gasteiger partial charge in [-0.15, -0.1) is 0 Å². The predicted octanol–water partition coefficient (Wildman–Crippen LogP) is 3.15. The quantitative estimate of drug-likeness (QED) is 0.906. The summed E-state index contributed by atoms with van der Waals surface area (Å²) in [5.74, 6) is 1.48. The second-order valence-electron chi connectivity index (χ2n) is 6.40. The molecule has 3 rings (SSSR count). The van der Waals surface area contributed by atoms with Crippen molar-refractivity contribution in [1.82, 2.24) is 5.32 Å². The fourth-order valence-corrected chi connectivity index (χ4v) is 4.23. The maximum atomic E-state index is 12.4. The van der Waals surface area contributed by atoms with E-state index in [9.17, 15) is 9.90 Å². The van der Waals surface area contributed by atoms with Crippen LogP contribution in [-0.4, -0.2) is 34.2 Å². The van der Waals surface area contributed by atoms with E-state index in [1.807, 2.05) is 19.1 Å². The van der Waals surface area contributed by atoms with E-state index in [1.165, 1.54) is 16.3 Å². The molecule has 1 atom stereocenters. The molecule has 1 fully saturated rings. The lowest BCUT2D eigenvalue weighted by Crippen LogP contribution is -2.51. The number of benzene rings is 2. The Labute approximate surface area is 141 Å². The molecule has 2 aromatic carbocycles. The minimum Gasteiger partial charge on any atom is -0.380 e. The van der Waals surface area contributed by atoms with Crippen LogP contribution in [0.15, 0.2) is 42.5 Å². The van der Waals surface area contributed by atoms with Gasteiger partial charge in [-0.25, -0.2) is 0 Å². The Bertz CT molecular complexity index is 695. The van der Waals surface area contributed by atoms with E-state index in [2.05, 4.69) is 35.6 Å². The van der Waals surface area contributed by atoms with Crippen LogP contribution >= 0.6 is 11.8 Å². The van der Waals surface area contributed by atoms with E-state index in [4.69, 9.17) is 0 Å². The van der Waals surface area contributed by atoms with Gasteiger partial charge >= 0.3 is 0 Å². The van der Waals surface area contributed by atoms with Gasteiger partial charge in [0.05, 0.1) is 0 Å². The molecular formula is C19H23NO2S. The van der Waals surface area contributed by atoms with Crippen LogP contribution in [0.2, 0.25) is 0 Å². The lowest BCUT2D eigenvalue weighted by molar-refractivity contribution is -0.141. The zero-order chi connectivity index (χ0) is 16.3. The summed E-state index contributed by atoms with van der Waals surface area (Å²) in [6, 6.07) is 14.7. The smallest absolute Gasteiger partial charge is 0.252 e. The summed E-state index contributed by atoms with van der Waals surface area (Å²) in [5.41, 5.74) is 0.0193. The normalized spacial score (nSPS) is 18.5. The number of hydrogen-bond acceptors (Lipinski definition) is 3. The van der Waals surface area contributed by atoms with Gasteiger partial charge in [0.25, 0.3) is 5.91 Å². The van der Waals surface area contributed by atoms with E-state index >= 15 is 0 Å². The predicted molar refractivity (Wildman–Crippen MR) is 96.8 cm³/mol. The van der Waals surface area contributed by atoms with E-state index in [-0.39, 0.29) is 11.9 Å². The number of hydrogen-bond donors (Lipinski definition) is 2. The molecule has 1 heterocycles. The van der Waals surface area contributed by atoms with Crippen LogP contribution in [0.4, 0.5) is 0 Å². The van der Waals surface area contributed by atoms with Gasteiger partial charge in [-0.2, -0.15) is 11.8 Å². The summed E-state index contributed by atoms with van der Waals surface area (Å²) in [6.07, 6.45) is 1.86. The van der Waals surface area contributed by atoms with E-state index < -0.39 is 5.60 Å². The molecule has 2 N–H and O–H groups in total. The van der Waals surface area contributed by atoms with Gasteiger partial charge in [0, 0.05) is 6.04 Å². The lowest BCUT2D eigenvalue weighted by Gasteiger charge is -2.31. The van der Waals surface area contributed by atoms with E-state index in [0.717, 1.165) is 17.9 Å². The SMILES string of the molecule is C[C@H](Cc1ccc2ccccc2c1)NC(=O)C1(O)CCSCC1. The Kier molecular flexibility index (Phi) is 4.93. The molecule has 0 spiro atoms. The molecule has 4 heteroatoms. The van der Waals surface area contributed by atoms with Crippen molar-refractivity contribution in [2.45, 2.75) is 37.8 Å². The van der Waals surface area contributed by atoms with Crippen molar-refractivity contribution in [1.29, 1.82) is 0 Å². The zero-order valence-corrected chi connectivity index (χ0v) is 14.2. The third-order valence-corrected chi connectivity index (χ3v) is 5.46. The van der Waals surface area contributed by atoms with Crippen molar-refractivity contribution in [3.05, 3.63) is 48.0 Å². The fraction of sp³-hybridized carbons (Fsp3) is 0.421. The third kappa shape index (κ3) is 3.88. The Morgan fingerprint density at radius 3 is 2.65 bits per heavy atom. The number of carbonyl (C=O) groups excluding carboxylic acids is 1. The van der Waals surface area contributed by atoms with Gasteiger partial charge in [-0.3, -0.25) is 4.79 Å². The van der Waals surface area contributed by atoms with Crippen molar-refractivity contribution in [3.63, 3.8) is 0 Å². The molecular weight excluding hydrogens is 306 g/mol. The summed E-state index contributed by atoms with van der Waals surface area (Å²) in [5, 5.41) is 15.9. The molecule has 0 aliphatic carbocycles. The van der Waals surface area contributed by atoms with Crippen LogP contribution in [0.3, 0.4) is 0 Å². The molecule has 2 aromatic rings. The molecule has 0 aromatic heterocycles. The molecule has 0 radical (unpaired) electrons. The first-order chi connectivity index (χ1) is 11.1. The second kappa shape index (κ2) is 6.93. The van der Waals surface area contributed by atoms with Gasteiger partial charge < -0.3 is 10.4 Å². The van der Waals surface area contributed by atoms with Gasteiger partial charge in [0.2, 0.25) is 0 Å². The Morgan fingerprint density at radius 1 is 1.22 bits per heavy atom. The van der Waals surface area contributed by atoms with Gasteiger partial charge in [0.15, 0.2) is 0 Å². The molecule has 1 amide bonds. The van der Waals surface area contributed by atoms with Crippen molar-refractivity contribution < 1.29 is 9.90 Å². The minimum absolute atomic E-state index is 0.00210. The highest BCUT2D eigenvalue weighted by Crippen LogP contribution is 2.27. The maximum absolute atomic E-state index is 12.4. The first-order valence-corrected chi connectivity index (χ1v) is 9.31. The number of thioether (sulfide) groups is 1. The highest BCUT2D eigenvalue weighted by molar-refractivity contribution is 7.99. The maximum Gasteiger partial charge on any atom is 0.252 e. The number of nitrogens with one attached hydrogen (secondary N) is 1. The van der Waals surface area contributed by atoms with E-state index in [1.54, 1.807) is 11.8 Å². The topological polar surface area (TPSA) is 49.3 Å². The Balaban J connectivity index is 1.63. The number of aliphatic hydroxyl groups is 1. The number of amides is 1. The van der Waals surface area contributed by atoms with Crippen LogP contribution < -0.4 is 5.32 Å². The van der Waals surface area contributed by atoms with Crippen LogP contribution in [0, 0.1) is 0 Å². The second-order valence-corrected chi connectivity index (χ2v) is 7.63. The number of carbonyl (C=O) groups is 1. The monoisotopic (exact) mass is 329 g/mol. The van der Waals surface area contributed by atoms with Crippen LogP contribution in [0.1, 0.15) is 25.3 Å². The van der Waals surface area contributed by atoms with Crippen LogP contribution in [0.25, 0.3) is 10.8 Å². The van der Waals surface area contributed by atoms with Gasteiger partial charge in [0.1, 0.15) is 5.60 Å². The van der Waals surface area contributed by atoms with Crippen molar-refractivity contribution >= 4 is 28.4 Å². The van der Waals surface area contributed by atoms with E-state index in [0.29, 0.717) is 12.8 Å². The highest BCUT2D eigenvalue weighted by atomic mass is 32.2. The first kappa shape index (κ1) is 16.3. The summed E-state index contributed by atoms with van der Waals surface area (Å²) in [4.78, 5) is 12.4. The third-order valence-electron chi connectivity index (χ3n) is 4.48. The van der Waals surface area contributed by atoms with Crippen molar-refractivity contribution in [2.24, 2.45) is 0 Å². The molecule has 0 saturated carbocycles. The first-order valence-electron chi connectivity index (χ1n) is 8.16. The summed E-state index contributed by atoms with van der Waals surface area (Å²) < 4.78 is 0. The number of rotatable bonds is 4. The molecule has 23 heavy (non-hydrogen) atoms. The highest BCUT2D eigenvalue weighted by Gasteiger charge is 2.37. The molecule has 1 aliphatic heterocycles. The standard InChI is InChI=1S/C19H23NO2S/c1-14(20-18(21)19(22)8-10-23-11-9-19)12-15-6-7-16-4-2-3-5-17(16)13-15/h2-7,13-14,22H,8-12H2,1H3,(H,20,21)/t14-/m1/s1. The summed E-state index contributed by atoms with van der Waals surface area (Å²) in [6.45, 7) is 1.99. The van der Waals surface area contributed by atoms with Gasteiger partial charge in [-0.1, -0.05) is 42.5 Å². The molecule has 3 nitrogen and oxygen atoms in total. The fourth-order valence-electron chi connectivity index (χ4n) is 3.06.